The van der Waals surface area contributed by atoms with Crippen molar-refractivity contribution in [1.82, 2.24) is 10.2 Å². The Balaban J connectivity index is 1.71. The van der Waals surface area contributed by atoms with Crippen molar-refractivity contribution in [3.8, 4) is 0 Å². The van der Waals surface area contributed by atoms with Gasteiger partial charge in [-0.3, -0.25) is 10.1 Å². The Morgan fingerprint density at radius 1 is 1.28 bits per heavy atom. The summed E-state index contributed by atoms with van der Waals surface area (Å²) in [4.78, 5) is 14.2. The number of carbonyl (C=O) groups is 1. The van der Waals surface area contributed by atoms with E-state index in [4.69, 9.17) is 4.74 Å². The van der Waals surface area contributed by atoms with E-state index in [-0.39, 0.29) is 24.2 Å². The smallest absolute Gasteiger partial charge is 0.238 e. The predicted octanol–water partition coefficient (Wildman–Crippen LogP) is 1.50. The first kappa shape index (κ1) is 12.4. The van der Waals surface area contributed by atoms with Crippen LogP contribution in [0.3, 0.4) is 0 Å². The van der Waals surface area contributed by atoms with Gasteiger partial charge >= 0.3 is 0 Å². The van der Waals surface area contributed by atoms with Crippen molar-refractivity contribution in [2.75, 3.05) is 13.2 Å². The highest BCUT2D eigenvalue weighted by Crippen LogP contribution is 2.33. The molecule has 1 saturated carbocycles. The van der Waals surface area contributed by atoms with Crippen LogP contribution in [-0.2, 0) is 9.53 Å². The zero-order valence-corrected chi connectivity index (χ0v) is 11.2. The van der Waals surface area contributed by atoms with Crippen LogP contribution in [-0.4, -0.2) is 42.3 Å². The molecule has 102 valence electrons. The molecule has 0 spiro atoms. The van der Waals surface area contributed by atoms with Crippen LogP contribution in [0.5, 0.6) is 0 Å². The van der Waals surface area contributed by atoms with Crippen LogP contribution in [0.25, 0.3) is 0 Å². The number of rotatable bonds is 3. The van der Waals surface area contributed by atoms with Crippen molar-refractivity contribution < 1.29 is 9.53 Å². The number of nitrogens with zero attached hydrogens (tertiary/aromatic N) is 1. The van der Waals surface area contributed by atoms with E-state index in [1.165, 1.54) is 25.7 Å². The first-order valence-corrected chi connectivity index (χ1v) is 7.43. The van der Waals surface area contributed by atoms with Crippen LogP contribution in [0, 0.1) is 5.92 Å². The fourth-order valence-corrected chi connectivity index (χ4v) is 3.85. The van der Waals surface area contributed by atoms with Gasteiger partial charge in [-0.1, -0.05) is 12.8 Å². The molecule has 4 nitrogen and oxygen atoms in total. The van der Waals surface area contributed by atoms with Crippen molar-refractivity contribution in [3.63, 3.8) is 0 Å². The highest BCUT2D eigenvalue weighted by Gasteiger charge is 2.42. The highest BCUT2D eigenvalue weighted by atomic mass is 16.5. The van der Waals surface area contributed by atoms with E-state index in [1.807, 2.05) is 0 Å². The first-order chi connectivity index (χ1) is 8.77. The maximum absolute atomic E-state index is 12.1. The molecule has 0 radical (unpaired) electrons. The standard InChI is InChI=1S/C14H24N2O2/c1-10(12-7-4-8-18-12)16-13(17)9-15-14(16)11-5-2-3-6-11/h10-12,14-15H,2-9H2,1H3. The van der Waals surface area contributed by atoms with Crippen LogP contribution in [0.2, 0.25) is 0 Å². The molecule has 3 aliphatic rings. The summed E-state index contributed by atoms with van der Waals surface area (Å²) in [6.45, 7) is 3.53. The lowest BCUT2D eigenvalue weighted by Gasteiger charge is -2.36. The van der Waals surface area contributed by atoms with Gasteiger partial charge in [-0.05, 0) is 38.5 Å². The fourth-order valence-electron chi connectivity index (χ4n) is 3.85. The summed E-state index contributed by atoms with van der Waals surface area (Å²) in [6.07, 6.45) is 7.91. The molecular formula is C14H24N2O2. The normalized spacial score (nSPS) is 35.6. The Morgan fingerprint density at radius 3 is 2.72 bits per heavy atom. The maximum atomic E-state index is 12.1. The Morgan fingerprint density at radius 2 is 2.06 bits per heavy atom. The van der Waals surface area contributed by atoms with Crippen LogP contribution in [0.4, 0.5) is 0 Å². The van der Waals surface area contributed by atoms with E-state index in [2.05, 4.69) is 17.1 Å². The Hall–Kier alpha value is -0.610. The third-order valence-electron chi connectivity index (χ3n) is 4.84. The van der Waals surface area contributed by atoms with E-state index in [0.29, 0.717) is 12.5 Å². The molecule has 4 heteroatoms. The average Bonchev–Trinajstić information content (AvgIpc) is 3.10. The largest absolute Gasteiger partial charge is 0.376 e. The number of nitrogens with one attached hydrogen (secondary N) is 1. The number of hydrogen-bond acceptors (Lipinski definition) is 3. The maximum Gasteiger partial charge on any atom is 0.238 e. The SMILES string of the molecule is CC(C1CCCO1)N1C(=O)CNC1C1CCCC1. The van der Waals surface area contributed by atoms with E-state index < -0.39 is 0 Å². The first-order valence-electron chi connectivity index (χ1n) is 7.43. The number of amides is 1. The van der Waals surface area contributed by atoms with Gasteiger partial charge in [0.2, 0.25) is 5.91 Å². The predicted molar refractivity (Wildman–Crippen MR) is 69.0 cm³/mol. The minimum atomic E-state index is 0.223. The lowest BCUT2D eigenvalue weighted by molar-refractivity contribution is -0.133. The molecule has 1 aliphatic carbocycles. The van der Waals surface area contributed by atoms with Gasteiger partial charge in [0.15, 0.2) is 0 Å². The van der Waals surface area contributed by atoms with Crippen LogP contribution < -0.4 is 5.32 Å². The summed E-state index contributed by atoms with van der Waals surface area (Å²) in [7, 11) is 0. The summed E-state index contributed by atoms with van der Waals surface area (Å²) in [5.74, 6) is 0.912. The monoisotopic (exact) mass is 252 g/mol. The third kappa shape index (κ3) is 2.16. The minimum absolute atomic E-state index is 0.223. The van der Waals surface area contributed by atoms with Crippen molar-refractivity contribution in [2.24, 2.45) is 5.92 Å². The molecule has 0 bridgehead atoms. The molecule has 2 aliphatic heterocycles. The van der Waals surface area contributed by atoms with Crippen molar-refractivity contribution >= 4 is 5.91 Å². The lowest BCUT2D eigenvalue weighted by atomic mass is 10.0. The molecular weight excluding hydrogens is 228 g/mol. The van der Waals surface area contributed by atoms with Gasteiger partial charge in [-0.25, -0.2) is 0 Å². The van der Waals surface area contributed by atoms with Crippen molar-refractivity contribution in [3.05, 3.63) is 0 Å². The van der Waals surface area contributed by atoms with E-state index in [0.717, 1.165) is 19.4 Å². The molecule has 0 aromatic heterocycles. The van der Waals surface area contributed by atoms with Crippen molar-refractivity contribution in [2.45, 2.75) is 63.8 Å². The van der Waals surface area contributed by atoms with Crippen molar-refractivity contribution in [1.29, 1.82) is 0 Å². The summed E-state index contributed by atoms with van der Waals surface area (Å²) in [5.41, 5.74) is 0. The van der Waals surface area contributed by atoms with Gasteiger partial charge in [-0.15, -0.1) is 0 Å². The van der Waals surface area contributed by atoms with Gasteiger partial charge in [0.1, 0.15) is 0 Å². The molecule has 1 N–H and O–H groups in total. The summed E-state index contributed by atoms with van der Waals surface area (Å²) in [5, 5.41) is 3.42. The number of carbonyl (C=O) groups excluding carboxylic acids is 1. The number of ether oxygens (including phenoxy) is 1. The van der Waals surface area contributed by atoms with Gasteiger partial charge in [-0.2, -0.15) is 0 Å². The molecule has 18 heavy (non-hydrogen) atoms. The van der Waals surface area contributed by atoms with Crippen LogP contribution >= 0.6 is 0 Å². The van der Waals surface area contributed by atoms with Gasteiger partial charge in [0, 0.05) is 6.61 Å². The molecule has 2 saturated heterocycles. The minimum Gasteiger partial charge on any atom is -0.376 e. The molecule has 3 fully saturated rings. The fraction of sp³-hybridized carbons (Fsp3) is 0.929. The zero-order chi connectivity index (χ0) is 12.5. The second kappa shape index (κ2) is 5.17. The topological polar surface area (TPSA) is 41.6 Å². The molecule has 3 atom stereocenters. The van der Waals surface area contributed by atoms with Crippen LogP contribution in [0.1, 0.15) is 45.4 Å². The zero-order valence-electron chi connectivity index (χ0n) is 11.2. The second-order valence-corrected chi connectivity index (χ2v) is 5.96. The van der Waals surface area contributed by atoms with E-state index in [1.54, 1.807) is 0 Å². The molecule has 0 aromatic carbocycles. The molecule has 3 rings (SSSR count). The molecule has 3 unspecified atom stereocenters. The van der Waals surface area contributed by atoms with Crippen LogP contribution in [0.15, 0.2) is 0 Å². The summed E-state index contributed by atoms with van der Waals surface area (Å²) < 4.78 is 5.76. The quantitative estimate of drug-likeness (QED) is 0.827. The Labute approximate surface area is 109 Å². The number of hydrogen-bond donors (Lipinski definition) is 1. The van der Waals surface area contributed by atoms with E-state index in [9.17, 15) is 4.79 Å². The molecule has 2 heterocycles. The summed E-state index contributed by atoms with van der Waals surface area (Å²) in [6, 6.07) is 0.223. The Kier molecular flexibility index (Phi) is 3.57. The van der Waals surface area contributed by atoms with Gasteiger partial charge < -0.3 is 9.64 Å². The average molecular weight is 252 g/mol. The third-order valence-corrected chi connectivity index (χ3v) is 4.84. The summed E-state index contributed by atoms with van der Waals surface area (Å²) >= 11 is 0. The highest BCUT2D eigenvalue weighted by molar-refractivity contribution is 5.81. The Bertz CT molecular complexity index is 309. The second-order valence-electron chi connectivity index (χ2n) is 5.96. The molecule has 1 amide bonds. The lowest BCUT2D eigenvalue weighted by Crippen LogP contribution is -2.51. The molecule has 0 aromatic rings. The van der Waals surface area contributed by atoms with E-state index >= 15 is 0 Å². The van der Waals surface area contributed by atoms with Gasteiger partial charge in [0.25, 0.3) is 0 Å². The van der Waals surface area contributed by atoms with Gasteiger partial charge in [0.05, 0.1) is 24.9 Å².